The van der Waals surface area contributed by atoms with Gasteiger partial charge in [0.1, 0.15) is 5.75 Å². The van der Waals surface area contributed by atoms with Gasteiger partial charge in [-0.15, -0.1) is 0 Å². The Bertz CT molecular complexity index is 690. The first kappa shape index (κ1) is 12.8. The number of ether oxygens (including phenoxy) is 1. The predicted molar refractivity (Wildman–Crippen MR) is 71.3 cm³/mol. The van der Waals surface area contributed by atoms with Crippen LogP contribution in [0.5, 0.6) is 5.75 Å². The molecule has 1 N–H and O–H groups in total. The summed E-state index contributed by atoms with van der Waals surface area (Å²) >= 11 is 0. The number of nitrogens with zero attached hydrogens (tertiary/aromatic N) is 1. The largest absolute Gasteiger partial charge is 0.478 e. The van der Waals surface area contributed by atoms with Crippen molar-refractivity contribution in [3.63, 3.8) is 0 Å². The van der Waals surface area contributed by atoms with Gasteiger partial charge in [0.05, 0.1) is 5.52 Å². The number of benzene rings is 1. The standard InChI is InChI=1S/C15H14FNO3/c1-9-3-4-10-11(7-9)17-13(16)8-12(10)20-15(14(18)19)5-2-6-15/h3-4,7-8H,2,5-6H2,1H3,(H,18,19). The number of pyridine rings is 1. The molecule has 1 aromatic carbocycles. The zero-order chi connectivity index (χ0) is 14.3. The number of halogens is 1. The Morgan fingerprint density at radius 3 is 2.75 bits per heavy atom. The molecule has 0 radical (unpaired) electrons. The van der Waals surface area contributed by atoms with Crippen molar-refractivity contribution in [1.82, 2.24) is 4.98 Å². The number of carboxylic acids is 1. The van der Waals surface area contributed by atoms with E-state index in [-0.39, 0.29) is 5.75 Å². The lowest BCUT2D eigenvalue weighted by atomic mass is 9.80. The van der Waals surface area contributed by atoms with Gasteiger partial charge < -0.3 is 9.84 Å². The third-order valence-electron chi connectivity index (χ3n) is 3.75. The van der Waals surface area contributed by atoms with Crippen LogP contribution in [0.1, 0.15) is 24.8 Å². The molecule has 4 nitrogen and oxygen atoms in total. The van der Waals surface area contributed by atoms with E-state index in [0.717, 1.165) is 18.1 Å². The highest BCUT2D eigenvalue weighted by molar-refractivity contribution is 5.86. The number of carbonyl (C=O) groups is 1. The quantitative estimate of drug-likeness (QED) is 0.874. The summed E-state index contributed by atoms with van der Waals surface area (Å²) in [6.45, 7) is 1.89. The fourth-order valence-corrected chi connectivity index (χ4v) is 2.43. The molecule has 5 heteroatoms. The summed E-state index contributed by atoms with van der Waals surface area (Å²) in [6.07, 6.45) is 1.69. The molecule has 0 atom stereocenters. The summed E-state index contributed by atoms with van der Waals surface area (Å²) in [5.41, 5.74) is 0.212. The van der Waals surface area contributed by atoms with Crippen molar-refractivity contribution in [3.05, 3.63) is 35.8 Å². The van der Waals surface area contributed by atoms with Crippen LogP contribution >= 0.6 is 0 Å². The number of hydrogen-bond acceptors (Lipinski definition) is 3. The van der Waals surface area contributed by atoms with E-state index >= 15 is 0 Å². The monoisotopic (exact) mass is 275 g/mol. The molecule has 0 amide bonds. The second kappa shape index (κ2) is 4.44. The minimum absolute atomic E-state index is 0.245. The molecule has 3 rings (SSSR count). The van der Waals surface area contributed by atoms with Crippen LogP contribution in [0.25, 0.3) is 10.9 Å². The molecule has 0 aliphatic heterocycles. The average Bonchev–Trinajstić information content (AvgIpc) is 2.32. The number of aromatic nitrogens is 1. The minimum atomic E-state index is -1.22. The van der Waals surface area contributed by atoms with E-state index in [1.165, 1.54) is 0 Å². The second-order valence-corrected chi connectivity index (χ2v) is 5.22. The van der Waals surface area contributed by atoms with E-state index < -0.39 is 17.5 Å². The van der Waals surface area contributed by atoms with E-state index in [1.54, 1.807) is 12.1 Å². The first-order valence-electron chi connectivity index (χ1n) is 6.49. The van der Waals surface area contributed by atoms with Crippen molar-refractivity contribution in [3.8, 4) is 5.75 Å². The summed E-state index contributed by atoms with van der Waals surface area (Å²) in [5.74, 6) is -1.42. The summed E-state index contributed by atoms with van der Waals surface area (Å²) < 4.78 is 19.2. The Balaban J connectivity index is 2.09. The van der Waals surface area contributed by atoms with Crippen LogP contribution in [0.4, 0.5) is 4.39 Å². The zero-order valence-corrected chi connectivity index (χ0v) is 11.0. The van der Waals surface area contributed by atoms with Crippen LogP contribution in [0.15, 0.2) is 24.3 Å². The summed E-state index contributed by atoms with van der Waals surface area (Å²) in [5, 5.41) is 9.93. The van der Waals surface area contributed by atoms with Gasteiger partial charge in [0.2, 0.25) is 11.5 Å². The van der Waals surface area contributed by atoms with Gasteiger partial charge in [-0.05, 0) is 43.9 Å². The molecule has 1 aliphatic carbocycles. The molecule has 1 aromatic heterocycles. The Labute approximate surface area is 115 Å². The summed E-state index contributed by atoms with van der Waals surface area (Å²) in [4.78, 5) is 15.2. The molecule has 1 fully saturated rings. The van der Waals surface area contributed by atoms with Crippen molar-refractivity contribution in [2.24, 2.45) is 0 Å². The van der Waals surface area contributed by atoms with Gasteiger partial charge in [0.25, 0.3) is 0 Å². The Hall–Kier alpha value is -2.17. The molecule has 1 heterocycles. The molecule has 0 bridgehead atoms. The number of hydrogen-bond donors (Lipinski definition) is 1. The van der Waals surface area contributed by atoms with Gasteiger partial charge in [-0.2, -0.15) is 4.39 Å². The summed E-state index contributed by atoms with van der Waals surface area (Å²) in [7, 11) is 0. The number of rotatable bonds is 3. The van der Waals surface area contributed by atoms with Crippen LogP contribution in [-0.4, -0.2) is 21.7 Å². The van der Waals surface area contributed by atoms with Crippen LogP contribution in [0.3, 0.4) is 0 Å². The van der Waals surface area contributed by atoms with Gasteiger partial charge in [-0.3, -0.25) is 0 Å². The van der Waals surface area contributed by atoms with E-state index in [1.807, 2.05) is 13.0 Å². The first-order chi connectivity index (χ1) is 9.50. The molecular weight excluding hydrogens is 261 g/mol. The number of fused-ring (bicyclic) bond motifs is 1. The Morgan fingerprint density at radius 1 is 1.40 bits per heavy atom. The zero-order valence-electron chi connectivity index (χ0n) is 11.0. The van der Waals surface area contributed by atoms with E-state index in [2.05, 4.69) is 4.98 Å². The maximum absolute atomic E-state index is 13.6. The van der Waals surface area contributed by atoms with Crippen LogP contribution in [-0.2, 0) is 4.79 Å². The second-order valence-electron chi connectivity index (χ2n) is 5.22. The Kier molecular flexibility index (Phi) is 2.85. The van der Waals surface area contributed by atoms with Crippen molar-refractivity contribution < 1.29 is 19.0 Å². The minimum Gasteiger partial charge on any atom is -0.478 e. The van der Waals surface area contributed by atoms with E-state index in [4.69, 9.17) is 4.74 Å². The van der Waals surface area contributed by atoms with Crippen molar-refractivity contribution in [2.75, 3.05) is 0 Å². The normalized spacial score (nSPS) is 16.7. The first-order valence-corrected chi connectivity index (χ1v) is 6.49. The number of carboxylic acid groups (broad SMARTS) is 1. The molecule has 0 spiro atoms. The predicted octanol–water partition coefficient (Wildman–Crippen LogP) is 3.07. The van der Waals surface area contributed by atoms with Crippen molar-refractivity contribution in [2.45, 2.75) is 31.8 Å². The highest BCUT2D eigenvalue weighted by Gasteiger charge is 2.47. The highest BCUT2D eigenvalue weighted by Crippen LogP contribution is 2.39. The van der Waals surface area contributed by atoms with E-state index in [0.29, 0.717) is 23.7 Å². The number of aliphatic carboxylic acids is 1. The molecule has 0 unspecified atom stereocenters. The lowest BCUT2D eigenvalue weighted by Gasteiger charge is -2.37. The highest BCUT2D eigenvalue weighted by atomic mass is 19.1. The van der Waals surface area contributed by atoms with Crippen LogP contribution in [0.2, 0.25) is 0 Å². The molecule has 1 aliphatic rings. The van der Waals surface area contributed by atoms with Gasteiger partial charge in [0, 0.05) is 11.5 Å². The fourth-order valence-electron chi connectivity index (χ4n) is 2.43. The third kappa shape index (κ3) is 1.99. The molecule has 1 saturated carbocycles. The van der Waals surface area contributed by atoms with Crippen LogP contribution < -0.4 is 4.74 Å². The lowest BCUT2D eigenvalue weighted by molar-refractivity contribution is -0.163. The smallest absolute Gasteiger partial charge is 0.348 e. The molecule has 2 aromatic rings. The van der Waals surface area contributed by atoms with Crippen LogP contribution in [0, 0.1) is 12.9 Å². The van der Waals surface area contributed by atoms with Gasteiger partial charge in [0.15, 0.2) is 0 Å². The average molecular weight is 275 g/mol. The molecule has 104 valence electrons. The van der Waals surface area contributed by atoms with Gasteiger partial charge in [-0.25, -0.2) is 9.78 Å². The topological polar surface area (TPSA) is 59.4 Å². The van der Waals surface area contributed by atoms with Crippen molar-refractivity contribution >= 4 is 16.9 Å². The van der Waals surface area contributed by atoms with Gasteiger partial charge >= 0.3 is 5.97 Å². The third-order valence-corrected chi connectivity index (χ3v) is 3.75. The molecular formula is C15H14FNO3. The maximum atomic E-state index is 13.6. The molecule has 20 heavy (non-hydrogen) atoms. The Morgan fingerprint density at radius 2 is 2.15 bits per heavy atom. The maximum Gasteiger partial charge on any atom is 0.348 e. The summed E-state index contributed by atoms with van der Waals surface area (Å²) in [6, 6.07) is 6.55. The fraction of sp³-hybridized carbons (Fsp3) is 0.333. The lowest BCUT2D eigenvalue weighted by Crippen LogP contribution is -2.50. The van der Waals surface area contributed by atoms with E-state index in [9.17, 15) is 14.3 Å². The molecule has 0 saturated heterocycles. The SMILES string of the molecule is Cc1ccc2c(OC3(C(=O)O)CCC3)cc(F)nc2c1. The van der Waals surface area contributed by atoms with Crippen molar-refractivity contribution in [1.29, 1.82) is 0 Å². The number of aryl methyl sites for hydroxylation is 1. The van der Waals surface area contributed by atoms with Gasteiger partial charge in [-0.1, -0.05) is 6.07 Å².